The molecule has 0 unspecified atom stereocenters. The zero-order valence-corrected chi connectivity index (χ0v) is 18.6. The highest BCUT2D eigenvalue weighted by Crippen LogP contribution is 2.20. The first-order valence-electron chi connectivity index (χ1n) is 11.4. The summed E-state index contributed by atoms with van der Waals surface area (Å²) in [6.45, 7) is 4.90. The Hall–Kier alpha value is -3.12. The Kier molecular flexibility index (Phi) is 7.22. The van der Waals surface area contributed by atoms with Crippen LogP contribution >= 0.6 is 0 Å². The summed E-state index contributed by atoms with van der Waals surface area (Å²) >= 11 is 0. The van der Waals surface area contributed by atoms with Crippen molar-refractivity contribution in [3.63, 3.8) is 0 Å². The summed E-state index contributed by atoms with van der Waals surface area (Å²) < 4.78 is 5.95. The minimum absolute atomic E-state index is 0.102. The van der Waals surface area contributed by atoms with Crippen molar-refractivity contribution in [3.8, 4) is 5.75 Å². The molecule has 168 valence electrons. The van der Waals surface area contributed by atoms with Crippen LogP contribution in [0.2, 0.25) is 0 Å². The number of piperidine rings is 1. The molecule has 0 amide bonds. The van der Waals surface area contributed by atoms with Gasteiger partial charge in [0.1, 0.15) is 5.75 Å². The van der Waals surface area contributed by atoms with Crippen LogP contribution in [0.3, 0.4) is 0 Å². The molecule has 2 aromatic carbocycles. The largest absolute Gasteiger partial charge is 0.494 e. The summed E-state index contributed by atoms with van der Waals surface area (Å²) in [5.41, 5.74) is 5.16. The van der Waals surface area contributed by atoms with E-state index in [2.05, 4.69) is 64.0 Å². The second-order valence-electron chi connectivity index (χ2n) is 8.63. The summed E-state index contributed by atoms with van der Waals surface area (Å²) in [5, 5.41) is 19.4. The number of aromatic nitrogens is 2. The Balaban J connectivity index is 1.29. The molecule has 1 saturated heterocycles. The number of hydrogen-bond acceptors (Lipinski definition) is 4. The number of aryl methyl sites for hydroxylation is 1. The zero-order chi connectivity index (χ0) is 22.3. The SMILES string of the molecule is Cc1[nH]nc(C(=O)O)c1Cc1ccc(Cc2ccc(OCCC3CCNCC3)cc2)cc1. The molecule has 0 saturated carbocycles. The molecule has 0 atom stereocenters. The molecule has 1 aliphatic heterocycles. The predicted molar refractivity (Wildman–Crippen MR) is 124 cm³/mol. The topological polar surface area (TPSA) is 87.2 Å². The van der Waals surface area contributed by atoms with Gasteiger partial charge in [0, 0.05) is 17.7 Å². The average Bonchev–Trinajstić information content (AvgIpc) is 3.17. The molecule has 2 heterocycles. The van der Waals surface area contributed by atoms with Gasteiger partial charge in [-0.2, -0.15) is 5.10 Å². The molecule has 0 bridgehead atoms. The maximum Gasteiger partial charge on any atom is 0.356 e. The van der Waals surface area contributed by atoms with Gasteiger partial charge in [-0.15, -0.1) is 0 Å². The minimum atomic E-state index is -1.00. The van der Waals surface area contributed by atoms with Crippen molar-refractivity contribution < 1.29 is 14.6 Å². The van der Waals surface area contributed by atoms with Crippen LogP contribution in [0.5, 0.6) is 5.75 Å². The number of aromatic amines is 1. The molecule has 6 nitrogen and oxygen atoms in total. The molecule has 4 rings (SSSR count). The molecule has 0 spiro atoms. The van der Waals surface area contributed by atoms with E-state index in [-0.39, 0.29) is 5.69 Å². The molecule has 32 heavy (non-hydrogen) atoms. The average molecular weight is 434 g/mol. The van der Waals surface area contributed by atoms with E-state index < -0.39 is 5.97 Å². The van der Waals surface area contributed by atoms with E-state index in [4.69, 9.17) is 4.74 Å². The van der Waals surface area contributed by atoms with Crippen LogP contribution in [0.4, 0.5) is 0 Å². The number of hydrogen-bond donors (Lipinski definition) is 3. The number of rotatable bonds is 9. The van der Waals surface area contributed by atoms with Crippen LogP contribution < -0.4 is 10.1 Å². The van der Waals surface area contributed by atoms with Crippen LogP contribution in [-0.4, -0.2) is 41.0 Å². The second kappa shape index (κ2) is 10.5. The van der Waals surface area contributed by atoms with Crippen LogP contribution in [0.15, 0.2) is 48.5 Å². The van der Waals surface area contributed by atoms with Gasteiger partial charge in [0.05, 0.1) is 6.61 Å². The Morgan fingerprint density at radius 3 is 2.22 bits per heavy atom. The molecule has 6 heteroatoms. The first kappa shape index (κ1) is 22.1. The molecule has 3 aromatic rings. The number of ether oxygens (including phenoxy) is 1. The lowest BCUT2D eigenvalue weighted by Gasteiger charge is -2.22. The van der Waals surface area contributed by atoms with Gasteiger partial charge < -0.3 is 15.2 Å². The quantitative estimate of drug-likeness (QED) is 0.467. The first-order valence-corrected chi connectivity index (χ1v) is 11.4. The monoisotopic (exact) mass is 433 g/mol. The van der Waals surface area contributed by atoms with E-state index in [1.807, 2.05) is 6.92 Å². The highest BCUT2D eigenvalue weighted by molar-refractivity contribution is 5.87. The zero-order valence-electron chi connectivity index (χ0n) is 18.6. The van der Waals surface area contributed by atoms with Crippen molar-refractivity contribution >= 4 is 5.97 Å². The third-order valence-corrected chi connectivity index (χ3v) is 6.27. The van der Waals surface area contributed by atoms with Crippen LogP contribution in [0.1, 0.15) is 57.7 Å². The normalized spacial score (nSPS) is 14.4. The minimum Gasteiger partial charge on any atom is -0.494 e. The lowest BCUT2D eigenvalue weighted by Crippen LogP contribution is -2.28. The maximum absolute atomic E-state index is 11.3. The fourth-order valence-electron chi connectivity index (χ4n) is 4.28. The van der Waals surface area contributed by atoms with Crippen molar-refractivity contribution in [2.75, 3.05) is 19.7 Å². The van der Waals surface area contributed by atoms with Crippen LogP contribution in [0, 0.1) is 12.8 Å². The molecular formula is C26H31N3O3. The fraction of sp³-hybridized carbons (Fsp3) is 0.385. The standard InChI is InChI=1S/C26H31N3O3/c1-18-24(25(26(30)31)29-28-18)17-22-4-2-20(3-5-22)16-21-6-8-23(9-7-21)32-15-12-19-10-13-27-14-11-19/h2-9,19,27H,10-17H2,1H3,(H,28,29)(H,30,31). The number of H-pyrrole nitrogens is 1. The van der Waals surface area contributed by atoms with Gasteiger partial charge in [-0.25, -0.2) is 4.79 Å². The molecule has 0 aliphatic carbocycles. The van der Waals surface area contributed by atoms with E-state index in [1.165, 1.54) is 24.0 Å². The highest BCUT2D eigenvalue weighted by Gasteiger charge is 2.17. The van der Waals surface area contributed by atoms with Crippen LogP contribution in [-0.2, 0) is 12.8 Å². The second-order valence-corrected chi connectivity index (χ2v) is 8.63. The number of benzene rings is 2. The third-order valence-electron chi connectivity index (χ3n) is 6.27. The number of carboxylic acids is 1. The smallest absolute Gasteiger partial charge is 0.356 e. The third kappa shape index (κ3) is 5.77. The molecular weight excluding hydrogens is 402 g/mol. The summed E-state index contributed by atoms with van der Waals surface area (Å²) in [4.78, 5) is 11.3. The Bertz CT molecular complexity index is 1020. The van der Waals surface area contributed by atoms with Crippen molar-refractivity contribution in [3.05, 3.63) is 82.2 Å². The van der Waals surface area contributed by atoms with Gasteiger partial charge in [-0.05, 0) is 80.4 Å². The summed E-state index contributed by atoms with van der Waals surface area (Å²) in [6, 6.07) is 16.7. The Morgan fingerprint density at radius 1 is 1.00 bits per heavy atom. The highest BCUT2D eigenvalue weighted by atomic mass is 16.5. The predicted octanol–water partition coefficient (Wildman–Crippen LogP) is 4.37. The van der Waals surface area contributed by atoms with Crippen molar-refractivity contribution in [2.24, 2.45) is 5.92 Å². The number of nitrogens with zero attached hydrogens (tertiary/aromatic N) is 1. The Labute approximate surface area is 189 Å². The first-order chi connectivity index (χ1) is 15.6. The van der Waals surface area contributed by atoms with Crippen molar-refractivity contribution in [2.45, 2.75) is 39.0 Å². The van der Waals surface area contributed by atoms with Crippen molar-refractivity contribution in [1.29, 1.82) is 0 Å². The Morgan fingerprint density at radius 2 is 1.59 bits per heavy atom. The van der Waals surface area contributed by atoms with E-state index >= 15 is 0 Å². The molecule has 1 fully saturated rings. The van der Waals surface area contributed by atoms with E-state index in [0.29, 0.717) is 6.42 Å². The lowest BCUT2D eigenvalue weighted by molar-refractivity contribution is 0.0689. The summed E-state index contributed by atoms with van der Waals surface area (Å²) in [6.07, 6.45) is 5.03. The van der Waals surface area contributed by atoms with Gasteiger partial charge in [-0.1, -0.05) is 36.4 Å². The number of aromatic carboxylic acids is 1. The molecule has 1 aliphatic rings. The van der Waals surface area contributed by atoms with Gasteiger partial charge in [0.2, 0.25) is 0 Å². The molecule has 3 N–H and O–H groups in total. The van der Waals surface area contributed by atoms with Gasteiger partial charge in [-0.3, -0.25) is 5.10 Å². The van der Waals surface area contributed by atoms with Gasteiger partial charge in [0.15, 0.2) is 5.69 Å². The van der Waals surface area contributed by atoms with Crippen molar-refractivity contribution in [1.82, 2.24) is 15.5 Å². The van der Waals surface area contributed by atoms with E-state index in [0.717, 1.165) is 61.0 Å². The molecule has 1 aromatic heterocycles. The van der Waals surface area contributed by atoms with E-state index in [1.54, 1.807) is 0 Å². The maximum atomic E-state index is 11.3. The summed E-state index contributed by atoms with van der Waals surface area (Å²) in [5.74, 6) is 0.717. The molecule has 0 radical (unpaired) electrons. The lowest BCUT2D eigenvalue weighted by atomic mass is 9.95. The number of carbonyl (C=O) groups is 1. The fourth-order valence-corrected chi connectivity index (χ4v) is 4.28. The van der Waals surface area contributed by atoms with Crippen LogP contribution in [0.25, 0.3) is 0 Å². The van der Waals surface area contributed by atoms with Gasteiger partial charge >= 0.3 is 5.97 Å². The number of carboxylic acid groups (broad SMARTS) is 1. The number of nitrogens with one attached hydrogen (secondary N) is 2. The summed E-state index contributed by atoms with van der Waals surface area (Å²) in [7, 11) is 0. The van der Waals surface area contributed by atoms with E-state index in [9.17, 15) is 9.90 Å². The van der Waals surface area contributed by atoms with Gasteiger partial charge in [0.25, 0.3) is 0 Å².